The molecule has 2 nitrogen and oxygen atoms in total. The van der Waals surface area contributed by atoms with Gasteiger partial charge in [0.2, 0.25) is 0 Å². The van der Waals surface area contributed by atoms with Gasteiger partial charge in [-0.25, -0.2) is 4.68 Å². The molecule has 0 bridgehead atoms. The van der Waals surface area contributed by atoms with Gasteiger partial charge < -0.3 is 0 Å². The number of nitrogens with zero attached hydrogens (tertiary/aromatic N) is 2. The van der Waals surface area contributed by atoms with E-state index in [2.05, 4.69) is 80.9 Å². The third-order valence-corrected chi connectivity index (χ3v) is 4.17. The summed E-state index contributed by atoms with van der Waals surface area (Å²) in [5, 5.41) is 4.71. The van der Waals surface area contributed by atoms with E-state index in [9.17, 15) is 0 Å². The predicted octanol–water partition coefficient (Wildman–Crippen LogP) is 5.20. The lowest BCUT2D eigenvalue weighted by molar-refractivity contribution is 0.508. The zero-order valence-corrected chi connectivity index (χ0v) is 13.9. The maximum Gasteiger partial charge on any atom is 0.0649 e. The Balaban J connectivity index is 2.03. The summed E-state index contributed by atoms with van der Waals surface area (Å²) in [6.07, 6.45) is 8.02. The standard InChI is InChI=1S/C20H24N2/c1-15-13-19(22(21-15)18-11-6-5-7-12-18)16-9-8-10-17(14-16)20(2,3)4/h5-8,10-14,16H,9H2,1-4H3. The van der Waals surface area contributed by atoms with Gasteiger partial charge in [-0.2, -0.15) is 5.10 Å². The molecule has 1 atom stereocenters. The number of hydrogen-bond donors (Lipinski definition) is 0. The average molecular weight is 292 g/mol. The molecule has 1 aliphatic carbocycles. The van der Waals surface area contributed by atoms with E-state index < -0.39 is 0 Å². The largest absolute Gasteiger partial charge is 0.237 e. The molecular formula is C20H24N2. The number of aromatic nitrogens is 2. The van der Waals surface area contributed by atoms with Gasteiger partial charge in [0, 0.05) is 5.92 Å². The zero-order chi connectivity index (χ0) is 15.7. The molecule has 0 saturated heterocycles. The fourth-order valence-electron chi connectivity index (χ4n) is 2.95. The van der Waals surface area contributed by atoms with Crippen LogP contribution in [-0.2, 0) is 0 Å². The summed E-state index contributed by atoms with van der Waals surface area (Å²) in [4.78, 5) is 0. The van der Waals surface area contributed by atoms with Crippen molar-refractivity contribution in [3.05, 3.63) is 71.6 Å². The Morgan fingerprint density at radius 2 is 1.86 bits per heavy atom. The summed E-state index contributed by atoms with van der Waals surface area (Å²) in [7, 11) is 0. The molecular weight excluding hydrogens is 268 g/mol. The molecule has 3 rings (SSSR count). The van der Waals surface area contributed by atoms with E-state index in [0.29, 0.717) is 5.92 Å². The van der Waals surface area contributed by atoms with Crippen LogP contribution in [0.25, 0.3) is 5.69 Å². The normalized spacial score (nSPS) is 18.4. The second kappa shape index (κ2) is 5.60. The van der Waals surface area contributed by atoms with Gasteiger partial charge in [-0.1, -0.05) is 57.2 Å². The fourth-order valence-corrected chi connectivity index (χ4v) is 2.95. The van der Waals surface area contributed by atoms with Gasteiger partial charge in [-0.3, -0.25) is 0 Å². The van der Waals surface area contributed by atoms with Gasteiger partial charge in [-0.05, 0) is 42.5 Å². The summed E-state index contributed by atoms with van der Waals surface area (Å²) in [5.41, 5.74) is 5.06. The number of rotatable bonds is 2. The van der Waals surface area contributed by atoms with Crippen LogP contribution in [0.2, 0.25) is 0 Å². The van der Waals surface area contributed by atoms with Gasteiger partial charge in [0.05, 0.1) is 17.1 Å². The Morgan fingerprint density at radius 3 is 2.55 bits per heavy atom. The molecule has 0 N–H and O–H groups in total. The molecule has 0 aliphatic heterocycles. The summed E-state index contributed by atoms with van der Waals surface area (Å²) in [6.45, 7) is 8.87. The molecule has 0 radical (unpaired) electrons. The Bertz CT molecular complexity index is 712. The number of allylic oxidation sites excluding steroid dienone is 4. The van der Waals surface area contributed by atoms with Crippen molar-refractivity contribution in [3.63, 3.8) is 0 Å². The van der Waals surface area contributed by atoms with Gasteiger partial charge in [0.1, 0.15) is 0 Å². The minimum atomic E-state index is 0.182. The van der Waals surface area contributed by atoms with E-state index in [4.69, 9.17) is 5.10 Å². The highest BCUT2D eigenvalue weighted by molar-refractivity contribution is 5.39. The van der Waals surface area contributed by atoms with Crippen molar-refractivity contribution >= 4 is 0 Å². The van der Waals surface area contributed by atoms with E-state index in [1.807, 2.05) is 6.07 Å². The molecule has 1 unspecified atom stereocenters. The molecule has 0 fully saturated rings. The van der Waals surface area contributed by atoms with Gasteiger partial charge in [0.25, 0.3) is 0 Å². The minimum absolute atomic E-state index is 0.182. The van der Waals surface area contributed by atoms with Crippen molar-refractivity contribution in [1.29, 1.82) is 0 Å². The monoisotopic (exact) mass is 292 g/mol. The second-order valence-corrected chi connectivity index (χ2v) is 7.07. The molecule has 1 aromatic heterocycles. The lowest BCUT2D eigenvalue weighted by atomic mass is 9.80. The first-order valence-electron chi connectivity index (χ1n) is 7.96. The third-order valence-electron chi connectivity index (χ3n) is 4.17. The van der Waals surface area contributed by atoms with Gasteiger partial charge >= 0.3 is 0 Å². The van der Waals surface area contributed by atoms with Crippen LogP contribution in [0, 0.1) is 12.3 Å². The van der Waals surface area contributed by atoms with E-state index in [0.717, 1.165) is 17.8 Å². The maximum atomic E-state index is 4.71. The topological polar surface area (TPSA) is 17.8 Å². The quantitative estimate of drug-likeness (QED) is 0.744. The molecule has 0 spiro atoms. The average Bonchev–Trinajstić information content (AvgIpc) is 2.89. The first kappa shape index (κ1) is 14.8. The summed E-state index contributed by atoms with van der Waals surface area (Å²) >= 11 is 0. The van der Waals surface area contributed by atoms with Crippen LogP contribution in [0.1, 0.15) is 44.5 Å². The Hall–Kier alpha value is -2.09. The highest BCUT2D eigenvalue weighted by Crippen LogP contribution is 2.36. The summed E-state index contributed by atoms with van der Waals surface area (Å²) in [5.74, 6) is 0.389. The lowest BCUT2D eigenvalue weighted by Crippen LogP contribution is -2.13. The third kappa shape index (κ3) is 2.92. The SMILES string of the molecule is Cc1cc(C2C=C(C(C)(C)C)C=CC2)n(-c2ccccc2)n1. The zero-order valence-electron chi connectivity index (χ0n) is 13.9. The molecule has 1 aliphatic rings. The van der Waals surface area contributed by atoms with E-state index in [1.165, 1.54) is 11.3 Å². The van der Waals surface area contributed by atoms with Crippen molar-refractivity contribution < 1.29 is 0 Å². The lowest BCUT2D eigenvalue weighted by Gasteiger charge is -2.26. The Kier molecular flexibility index (Phi) is 3.78. The van der Waals surface area contributed by atoms with Crippen molar-refractivity contribution in [3.8, 4) is 5.69 Å². The van der Waals surface area contributed by atoms with Crippen LogP contribution in [0.3, 0.4) is 0 Å². The van der Waals surface area contributed by atoms with Crippen LogP contribution in [0.15, 0.2) is 60.2 Å². The highest BCUT2D eigenvalue weighted by atomic mass is 15.3. The molecule has 1 heterocycles. The van der Waals surface area contributed by atoms with Crippen molar-refractivity contribution in [1.82, 2.24) is 9.78 Å². The van der Waals surface area contributed by atoms with E-state index in [1.54, 1.807) is 0 Å². The predicted molar refractivity (Wildman–Crippen MR) is 92.3 cm³/mol. The number of aryl methyl sites for hydroxylation is 1. The molecule has 1 aromatic carbocycles. The fraction of sp³-hybridized carbons (Fsp3) is 0.350. The Morgan fingerprint density at radius 1 is 1.14 bits per heavy atom. The second-order valence-electron chi connectivity index (χ2n) is 7.07. The molecule has 2 heteroatoms. The number of hydrogen-bond acceptors (Lipinski definition) is 1. The molecule has 0 saturated carbocycles. The molecule has 0 amide bonds. The first-order chi connectivity index (χ1) is 10.4. The van der Waals surface area contributed by atoms with Gasteiger partial charge in [-0.15, -0.1) is 0 Å². The number of para-hydroxylation sites is 1. The molecule has 114 valence electrons. The van der Waals surface area contributed by atoms with Crippen LogP contribution in [0.4, 0.5) is 0 Å². The van der Waals surface area contributed by atoms with Crippen molar-refractivity contribution in [2.24, 2.45) is 5.41 Å². The van der Waals surface area contributed by atoms with Crippen LogP contribution in [0.5, 0.6) is 0 Å². The van der Waals surface area contributed by atoms with Crippen LogP contribution in [-0.4, -0.2) is 9.78 Å². The molecule has 22 heavy (non-hydrogen) atoms. The van der Waals surface area contributed by atoms with Crippen LogP contribution >= 0.6 is 0 Å². The first-order valence-corrected chi connectivity index (χ1v) is 7.96. The number of benzene rings is 1. The van der Waals surface area contributed by atoms with Gasteiger partial charge in [0.15, 0.2) is 0 Å². The highest BCUT2D eigenvalue weighted by Gasteiger charge is 2.23. The van der Waals surface area contributed by atoms with Crippen molar-refractivity contribution in [2.75, 3.05) is 0 Å². The van der Waals surface area contributed by atoms with Crippen molar-refractivity contribution in [2.45, 2.75) is 40.0 Å². The Labute approximate surface area is 133 Å². The van der Waals surface area contributed by atoms with E-state index >= 15 is 0 Å². The summed E-state index contributed by atoms with van der Waals surface area (Å²) < 4.78 is 2.09. The summed E-state index contributed by atoms with van der Waals surface area (Å²) in [6, 6.07) is 12.6. The van der Waals surface area contributed by atoms with Crippen LogP contribution < -0.4 is 0 Å². The molecule has 2 aromatic rings. The smallest absolute Gasteiger partial charge is 0.0649 e. The van der Waals surface area contributed by atoms with E-state index in [-0.39, 0.29) is 5.41 Å². The minimum Gasteiger partial charge on any atom is -0.237 e. The maximum absolute atomic E-state index is 4.71.